The third-order valence-corrected chi connectivity index (χ3v) is 12.6. The van der Waals surface area contributed by atoms with Gasteiger partial charge in [-0.25, -0.2) is 21.9 Å². The van der Waals surface area contributed by atoms with E-state index >= 15 is 0 Å². The molecular formula is C46H42F2N6O3S. The van der Waals surface area contributed by atoms with E-state index in [0.717, 1.165) is 73.7 Å². The fourth-order valence-electron chi connectivity index (χ4n) is 8.01. The van der Waals surface area contributed by atoms with Crippen LogP contribution in [0.15, 0.2) is 155 Å². The number of nitrogens with two attached hydrogens (primary N) is 1. The van der Waals surface area contributed by atoms with Gasteiger partial charge in [-0.3, -0.25) is 4.79 Å². The Kier molecular flexibility index (Phi) is 10.5. The average Bonchev–Trinajstić information content (AvgIpc) is 3.41. The first kappa shape index (κ1) is 38.5. The molecule has 0 atom stereocenters. The number of benzene rings is 6. The van der Waals surface area contributed by atoms with Crippen LogP contribution in [-0.2, 0) is 15.4 Å². The van der Waals surface area contributed by atoms with Crippen LogP contribution in [0.2, 0.25) is 0 Å². The first-order chi connectivity index (χ1) is 28.1. The van der Waals surface area contributed by atoms with Crippen molar-refractivity contribution >= 4 is 43.8 Å². The number of hydrogen-bond donors (Lipinski definition) is 2. The molecule has 8 rings (SSSR count). The zero-order chi connectivity index (χ0) is 40.4. The van der Waals surface area contributed by atoms with Crippen LogP contribution in [0.25, 0.3) is 10.9 Å². The normalized spacial score (nSPS) is 14.0. The largest absolute Gasteiger partial charge is 0.398 e. The van der Waals surface area contributed by atoms with E-state index in [1.807, 2.05) is 97.1 Å². The highest BCUT2D eigenvalue weighted by atomic mass is 32.2. The number of carbonyl (C=O) groups excluding carboxylic acids is 1. The number of fused-ring (bicyclic) bond motifs is 1. The number of likely N-dealkylation sites (N-methyl/N-ethyl adjacent to an activating group) is 1. The van der Waals surface area contributed by atoms with Gasteiger partial charge in [0, 0.05) is 42.5 Å². The number of halogens is 2. The predicted octanol–water partition coefficient (Wildman–Crippen LogP) is 8.35. The van der Waals surface area contributed by atoms with Gasteiger partial charge in [0.15, 0.2) is 5.82 Å². The number of hydrogen-bond acceptors (Lipinski definition) is 7. The maximum absolute atomic E-state index is 14.3. The Bertz CT molecular complexity index is 2590. The maximum Gasteiger partial charge on any atom is 0.258 e. The van der Waals surface area contributed by atoms with Crippen LogP contribution >= 0.6 is 0 Å². The molecule has 0 radical (unpaired) electrons. The van der Waals surface area contributed by atoms with Gasteiger partial charge in [-0.1, -0.05) is 97.9 Å². The molecule has 1 aliphatic rings. The smallest absolute Gasteiger partial charge is 0.258 e. The van der Waals surface area contributed by atoms with Crippen molar-refractivity contribution in [3.8, 4) is 0 Å². The summed E-state index contributed by atoms with van der Waals surface area (Å²) in [6.45, 7) is 6.79. The molecule has 58 heavy (non-hydrogen) atoms. The van der Waals surface area contributed by atoms with E-state index in [1.165, 1.54) is 12.1 Å². The van der Waals surface area contributed by atoms with E-state index in [1.54, 1.807) is 22.9 Å². The SMILES string of the molecule is CCN1CCCN(c2ccc(C(=O)Nc3nn(C(c4ccccc4)(c4ccccc4)c4ccccc4)c4ccc(S(=O)(=O)c5cc(F)cc(F)c5)cc34)c(N)c2)CC1. The number of anilines is 3. The van der Waals surface area contributed by atoms with Crippen molar-refractivity contribution in [2.75, 3.05) is 48.7 Å². The number of amides is 1. The second-order valence-electron chi connectivity index (χ2n) is 14.4. The van der Waals surface area contributed by atoms with Crippen LogP contribution in [0.3, 0.4) is 0 Å². The summed E-state index contributed by atoms with van der Waals surface area (Å²) in [5, 5.41) is 8.38. The summed E-state index contributed by atoms with van der Waals surface area (Å²) >= 11 is 0. The summed E-state index contributed by atoms with van der Waals surface area (Å²) in [5.74, 6) is -2.54. The van der Waals surface area contributed by atoms with Crippen molar-refractivity contribution in [1.82, 2.24) is 14.7 Å². The van der Waals surface area contributed by atoms with Crippen LogP contribution in [0.5, 0.6) is 0 Å². The second-order valence-corrected chi connectivity index (χ2v) is 16.3. The first-order valence-corrected chi connectivity index (χ1v) is 20.7. The Morgan fingerprint density at radius 2 is 1.33 bits per heavy atom. The average molecular weight is 797 g/mol. The van der Waals surface area contributed by atoms with Gasteiger partial charge in [0.25, 0.3) is 5.91 Å². The fourth-order valence-corrected chi connectivity index (χ4v) is 9.34. The zero-order valence-electron chi connectivity index (χ0n) is 31.9. The molecule has 0 spiro atoms. The lowest BCUT2D eigenvalue weighted by Gasteiger charge is -2.37. The standard InChI is InChI=1S/C46H42F2N6O3S/c1-2-52-23-12-24-53(26-25-52)37-19-21-40(42(49)30-37)45(55)50-44-41-31-38(58(56,57)39-28-35(47)27-36(48)29-39)20-22-43(41)54(51-44)46(32-13-6-3-7-14-32,33-15-8-4-9-16-33)34-17-10-5-11-18-34/h3-11,13-22,27-31H,2,12,23-26,49H2,1H3,(H,50,51,55). The molecular weight excluding hydrogens is 755 g/mol. The molecule has 0 bridgehead atoms. The summed E-state index contributed by atoms with van der Waals surface area (Å²) in [4.78, 5) is 18.2. The number of nitrogen functional groups attached to an aromatic ring is 1. The fraction of sp³-hybridized carbons (Fsp3) is 0.174. The maximum atomic E-state index is 14.3. The summed E-state index contributed by atoms with van der Waals surface area (Å²) in [6.07, 6.45) is 1.01. The molecule has 3 N–H and O–H groups in total. The van der Waals surface area contributed by atoms with Gasteiger partial charge >= 0.3 is 0 Å². The van der Waals surface area contributed by atoms with E-state index in [0.29, 0.717) is 11.6 Å². The molecule has 294 valence electrons. The van der Waals surface area contributed by atoms with Crippen LogP contribution < -0.4 is 16.0 Å². The molecule has 1 aliphatic heterocycles. The summed E-state index contributed by atoms with van der Waals surface area (Å²) in [6, 6.07) is 41.3. The molecule has 7 aromatic rings. The summed E-state index contributed by atoms with van der Waals surface area (Å²) < 4.78 is 58.5. The van der Waals surface area contributed by atoms with Crippen LogP contribution in [0.1, 0.15) is 40.4 Å². The number of nitrogens with zero attached hydrogens (tertiary/aromatic N) is 4. The Balaban J connectivity index is 1.31. The number of carbonyl (C=O) groups is 1. The molecule has 2 heterocycles. The lowest BCUT2D eigenvalue weighted by Crippen LogP contribution is -2.38. The van der Waals surface area contributed by atoms with Gasteiger partial charge in [-0.05, 0) is 84.7 Å². The minimum Gasteiger partial charge on any atom is -0.398 e. The minimum atomic E-state index is -4.44. The molecule has 1 saturated heterocycles. The molecule has 1 amide bonds. The highest BCUT2D eigenvalue weighted by molar-refractivity contribution is 7.91. The molecule has 12 heteroatoms. The summed E-state index contributed by atoms with van der Waals surface area (Å²) in [7, 11) is -4.44. The Morgan fingerprint density at radius 3 is 1.90 bits per heavy atom. The topological polar surface area (TPSA) is 114 Å². The van der Waals surface area contributed by atoms with Gasteiger partial charge in [0.1, 0.15) is 17.2 Å². The van der Waals surface area contributed by atoms with Gasteiger partial charge in [-0.15, -0.1) is 0 Å². The highest BCUT2D eigenvalue weighted by Gasteiger charge is 2.41. The second kappa shape index (κ2) is 15.9. The van der Waals surface area contributed by atoms with Crippen molar-refractivity contribution in [3.05, 3.63) is 179 Å². The van der Waals surface area contributed by atoms with Crippen molar-refractivity contribution in [1.29, 1.82) is 0 Å². The van der Waals surface area contributed by atoms with Gasteiger partial charge in [0.05, 0.1) is 20.9 Å². The Labute approximate surface area is 336 Å². The quantitative estimate of drug-likeness (QED) is 0.106. The zero-order valence-corrected chi connectivity index (χ0v) is 32.7. The summed E-state index contributed by atoms with van der Waals surface area (Å²) in [5.41, 5.74) is 9.88. The van der Waals surface area contributed by atoms with Crippen molar-refractivity contribution in [2.24, 2.45) is 0 Å². The number of aromatic nitrogens is 2. The molecule has 0 unspecified atom stereocenters. The van der Waals surface area contributed by atoms with Crippen LogP contribution in [0, 0.1) is 11.6 Å². The Morgan fingerprint density at radius 1 is 0.724 bits per heavy atom. The van der Waals surface area contributed by atoms with Crippen molar-refractivity contribution < 1.29 is 22.0 Å². The Hall–Kier alpha value is -6.37. The lowest BCUT2D eigenvalue weighted by atomic mass is 9.77. The van der Waals surface area contributed by atoms with Crippen molar-refractivity contribution in [2.45, 2.75) is 28.7 Å². The first-order valence-electron chi connectivity index (χ1n) is 19.2. The van der Waals surface area contributed by atoms with Gasteiger partial charge in [0.2, 0.25) is 9.84 Å². The molecule has 0 saturated carbocycles. The van der Waals surface area contributed by atoms with Crippen LogP contribution in [-0.4, -0.2) is 61.7 Å². The molecule has 9 nitrogen and oxygen atoms in total. The van der Waals surface area contributed by atoms with E-state index in [9.17, 15) is 22.0 Å². The van der Waals surface area contributed by atoms with Crippen molar-refractivity contribution in [3.63, 3.8) is 0 Å². The highest BCUT2D eigenvalue weighted by Crippen LogP contribution is 2.44. The lowest BCUT2D eigenvalue weighted by molar-refractivity contribution is 0.102. The number of sulfone groups is 1. The van der Waals surface area contributed by atoms with E-state index in [4.69, 9.17) is 10.8 Å². The van der Waals surface area contributed by atoms with E-state index < -0.39 is 37.8 Å². The molecule has 0 aliphatic carbocycles. The van der Waals surface area contributed by atoms with E-state index in [2.05, 4.69) is 22.0 Å². The number of rotatable bonds is 10. The molecule has 1 aromatic heterocycles. The van der Waals surface area contributed by atoms with Gasteiger partial charge in [-0.2, -0.15) is 5.10 Å². The molecule has 1 fully saturated rings. The number of nitrogens with one attached hydrogen (secondary N) is 1. The monoisotopic (exact) mass is 796 g/mol. The third-order valence-electron chi connectivity index (χ3n) is 10.9. The van der Waals surface area contributed by atoms with Gasteiger partial charge < -0.3 is 20.9 Å². The third kappa shape index (κ3) is 7.09. The predicted molar refractivity (Wildman–Crippen MR) is 224 cm³/mol. The minimum absolute atomic E-state index is 0.0605. The van der Waals surface area contributed by atoms with Crippen LogP contribution in [0.4, 0.5) is 26.0 Å². The molecule has 6 aromatic carbocycles. The van der Waals surface area contributed by atoms with E-state index in [-0.39, 0.29) is 27.4 Å².